The highest BCUT2D eigenvalue weighted by Crippen LogP contribution is 2.18. The minimum Gasteiger partial charge on any atom is -1.00 e. The number of hydrogen-bond acceptors (Lipinski definition) is 5. The Kier molecular flexibility index (Phi) is 7.79. The van der Waals surface area contributed by atoms with Gasteiger partial charge in [-0.2, -0.15) is 0 Å². The van der Waals surface area contributed by atoms with Crippen LogP contribution in [0.5, 0.6) is 0 Å². The van der Waals surface area contributed by atoms with E-state index in [0.717, 1.165) is 4.48 Å². The molecule has 5 N–H and O–H groups in total. The topological polar surface area (TPSA) is 107 Å². The lowest BCUT2D eigenvalue weighted by molar-refractivity contribution is -0.898. The van der Waals surface area contributed by atoms with Gasteiger partial charge in [-0.05, 0) is 0 Å². The molecule has 1 heterocycles. The van der Waals surface area contributed by atoms with Crippen LogP contribution >= 0.6 is 11.6 Å². The molecule has 0 bridgehead atoms. The van der Waals surface area contributed by atoms with Gasteiger partial charge in [0.15, 0.2) is 22.5 Å². The summed E-state index contributed by atoms with van der Waals surface area (Å²) in [5, 5.41) is 2.81. The molecule has 0 saturated heterocycles. The molecule has 0 aliphatic carbocycles. The molecule has 0 unspecified atom stereocenters. The Hall–Kier alpha value is -0.870. The predicted molar refractivity (Wildman–Crippen MR) is 84.9 cm³/mol. The van der Waals surface area contributed by atoms with Crippen LogP contribution in [0.25, 0.3) is 0 Å². The first-order valence-electron chi connectivity index (χ1n) is 6.71. The molecule has 0 saturated carbocycles. The summed E-state index contributed by atoms with van der Waals surface area (Å²) in [7, 11) is 6.27. The van der Waals surface area contributed by atoms with Gasteiger partial charge in [0.2, 0.25) is 0 Å². The molecule has 0 aromatic carbocycles. The number of anilines is 2. The van der Waals surface area contributed by atoms with Crippen LogP contribution in [0.4, 0.5) is 11.6 Å². The maximum absolute atomic E-state index is 12.2. The van der Waals surface area contributed by atoms with Crippen molar-refractivity contribution in [3.05, 3.63) is 10.8 Å². The standard InChI is InChI=1S/C13H23ClN6O.HI/c1-7(2)8(20(3,4)5)6-17-13(21)9-11(15)19-12(16)10(14)18-9;/h7-8H,6H2,1-5H3,(H4-,15,16,17,19,21);1H/t8-;/m1./s1. The number of nitrogen functional groups attached to an aromatic ring is 2. The van der Waals surface area contributed by atoms with Crippen molar-refractivity contribution in [1.82, 2.24) is 15.3 Å². The van der Waals surface area contributed by atoms with Crippen molar-refractivity contribution >= 4 is 29.1 Å². The number of quaternary nitrogens is 1. The summed E-state index contributed by atoms with van der Waals surface area (Å²) in [5.41, 5.74) is 11.2. The Morgan fingerprint density at radius 3 is 2.23 bits per heavy atom. The highest BCUT2D eigenvalue weighted by atomic mass is 127. The molecule has 1 amide bonds. The fourth-order valence-electron chi connectivity index (χ4n) is 2.29. The zero-order valence-corrected chi connectivity index (χ0v) is 16.4. The summed E-state index contributed by atoms with van der Waals surface area (Å²) in [6.07, 6.45) is 0. The van der Waals surface area contributed by atoms with Gasteiger partial charge < -0.3 is 45.2 Å². The summed E-state index contributed by atoms with van der Waals surface area (Å²) in [4.78, 5) is 19.9. The Bertz CT molecular complexity index is 532. The van der Waals surface area contributed by atoms with E-state index < -0.39 is 5.91 Å². The van der Waals surface area contributed by atoms with E-state index >= 15 is 0 Å². The van der Waals surface area contributed by atoms with Crippen LogP contribution in [0.15, 0.2) is 0 Å². The largest absolute Gasteiger partial charge is 1.00 e. The molecular weight excluding hydrogens is 419 g/mol. The molecule has 22 heavy (non-hydrogen) atoms. The van der Waals surface area contributed by atoms with Gasteiger partial charge in [0.1, 0.15) is 6.04 Å². The lowest BCUT2D eigenvalue weighted by atomic mass is 10.0. The van der Waals surface area contributed by atoms with Crippen molar-refractivity contribution in [2.75, 3.05) is 39.2 Å². The van der Waals surface area contributed by atoms with Gasteiger partial charge in [-0.25, -0.2) is 9.97 Å². The number of likely N-dealkylation sites (N-methyl/N-ethyl adjacent to an activating group) is 1. The third-order valence-electron chi connectivity index (χ3n) is 3.36. The zero-order chi connectivity index (χ0) is 16.4. The van der Waals surface area contributed by atoms with E-state index in [9.17, 15) is 4.79 Å². The van der Waals surface area contributed by atoms with Crippen molar-refractivity contribution in [3.8, 4) is 0 Å². The number of aromatic nitrogens is 2. The second kappa shape index (κ2) is 8.11. The minimum absolute atomic E-state index is 0. The number of nitrogens with zero attached hydrogens (tertiary/aromatic N) is 3. The van der Waals surface area contributed by atoms with Crippen LogP contribution in [0, 0.1) is 5.92 Å². The fraction of sp³-hybridized carbons (Fsp3) is 0.615. The van der Waals surface area contributed by atoms with Crippen LogP contribution < -0.4 is 40.8 Å². The number of carbonyl (C=O) groups is 1. The third-order valence-corrected chi connectivity index (χ3v) is 3.63. The molecule has 0 fully saturated rings. The average Bonchev–Trinajstić information content (AvgIpc) is 2.31. The first kappa shape index (κ1) is 21.1. The third kappa shape index (κ3) is 5.40. The second-order valence-electron chi connectivity index (χ2n) is 6.27. The summed E-state index contributed by atoms with van der Waals surface area (Å²) in [6, 6.07) is 0.257. The number of nitrogens with one attached hydrogen (secondary N) is 1. The van der Waals surface area contributed by atoms with E-state index in [1.165, 1.54) is 0 Å². The van der Waals surface area contributed by atoms with Crippen LogP contribution in [-0.4, -0.2) is 54.1 Å². The number of amides is 1. The second-order valence-corrected chi connectivity index (χ2v) is 6.63. The van der Waals surface area contributed by atoms with E-state index in [1.54, 1.807) is 0 Å². The molecule has 126 valence electrons. The van der Waals surface area contributed by atoms with Crippen LogP contribution in [0.1, 0.15) is 24.3 Å². The maximum atomic E-state index is 12.2. The van der Waals surface area contributed by atoms with Crippen molar-refractivity contribution in [1.29, 1.82) is 0 Å². The number of hydrogen-bond donors (Lipinski definition) is 3. The van der Waals surface area contributed by atoms with Gasteiger partial charge in [-0.15, -0.1) is 0 Å². The van der Waals surface area contributed by atoms with E-state index in [4.69, 9.17) is 23.1 Å². The molecule has 1 aromatic heterocycles. The van der Waals surface area contributed by atoms with Crippen molar-refractivity contribution in [3.63, 3.8) is 0 Å². The van der Waals surface area contributed by atoms with Crippen LogP contribution in [-0.2, 0) is 0 Å². The molecule has 1 aromatic rings. The zero-order valence-electron chi connectivity index (χ0n) is 13.5. The Labute approximate surface area is 153 Å². The number of carbonyl (C=O) groups excluding carboxylic acids is 1. The number of halogens is 2. The molecule has 0 aliphatic rings. The highest BCUT2D eigenvalue weighted by Gasteiger charge is 2.28. The lowest BCUT2D eigenvalue weighted by Gasteiger charge is -2.36. The summed E-state index contributed by atoms with van der Waals surface area (Å²) < 4.78 is 0.738. The maximum Gasteiger partial charge on any atom is 0.274 e. The molecular formula is C13H24ClIN6O. The first-order chi connectivity index (χ1) is 9.54. The van der Waals surface area contributed by atoms with E-state index in [2.05, 4.69) is 50.3 Å². The van der Waals surface area contributed by atoms with Gasteiger partial charge in [0.05, 0.1) is 27.7 Å². The molecule has 0 radical (unpaired) electrons. The van der Waals surface area contributed by atoms with E-state index in [1.807, 2.05) is 0 Å². The Balaban J connectivity index is 0.00000441. The predicted octanol–water partition coefficient (Wildman–Crippen LogP) is -2.24. The van der Waals surface area contributed by atoms with Gasteiger partial charge in [-0.3, -0.25) is 4.79 Å². The van der Waals surface area contributed by atoms with Crippen molar-refractivity contribution in [2.24, 2.45) is 5.92 Å². The van der Waals surface area contributed by atoms with E-state index in [0.29, 0.717) is 12.5 Å². The average molecular weight is 443 g/mol. The van der Waals surface area contributed by atoms with Crippen LogP contribution in [0.2, 0.25) is 5.15 Å². The summed E-state index contributed by atoms with van der Waals surface area (Å²) >= 11 is 5.78. The minimum atomic E-state index is -0.402. The fourth-order valence-corrected chi connectivity index (χ4v) is 2.42. The van der Waals surface area contributed by atoms with Gasteiger partial charge in [0.25, 0.3) is 5.91 Å². The molecule has 7 nitrogen and oxygen atoms in total. The first-order valence-corrected chi connectivity index (χ1v) is 7.09. The lowest BCUT2D eigenvalue weighted by Crippen LogP contribution is -3.00. The number of nitrogens with two attached hydrogens (primary N) is 2. The molecule has 1 atom stereocenters. The Morgan fingerprint density at radius 1 is 1.23 bits per heavy atom. The summed E-state index contributed by atoms with van der Waals surface area (Å²) in [5.74, 6) is -0.0115. The Morgan fingerprint density at radius 2 is 1.77 bits per heavy atom. The van der Waals surface area contributed by atoms with E-state index in [-0.39, 0.29) is 52.5 Å². The SMILES string of the molecule is CC(C)[C@@H](CNC(=O)c1nc(Cl)c(N)nc1N)[N+](C)(C)C.[I-]. The highest BCUT2D eigenvalue weighted by molar-refractivity contribution is 6.31. The number of rotatable bonds is 5. The van der Waals surface area contributed by atoms with Gasteiger partial charge in [0, 0.05) is 5.92 Å². The van der Waals surface area contributed by atoms with Crippen molar-refractivity contribution < 1.29 is 33.3 Å². The summed E-state index contributed by atoms with van der Waals surface area (Å²) in [6.45, 7) is 4.74. The molecule has 9 heteroatoms. The smallest absolute Gasteiger partial charge is 0.274 e. The molecule has 0 aliphatic heterocycles. The van der Waals surface area contributed by atoms with Gasteiger partial charge >= 0.3 is 0 Å². The molecule has 0 spiro atoms. The van der Waals surface area contributed by atoms with Gasteiger partial charge in [-0.1, -0.05) is 25.4 Å². The quantitative estimate of drug-likeness (QED) is 0.353. The molecule has 1 rings (SSSR count). The van der Waals surface area contributed by atoms with Crippen molar-refractivity contribution in [2.45, 2.75) is 19.9 Å². The monoisotopic (exact) mass is 442 g/mol. The normalized spacial score (nSPS) is 12.7. The van der Waals surface area contributed by atoms with Crippen LogP contribution in [0.3, 0.4) is 0 Å².